The number of imide groups is 1. The highest BCUT2D eigenvalue weighted by Gasteiger charge is 2.49. The minimum absolute atomic E-state index is 0.132. The summed E-state index contributed by atoms with van der Waals surface area (Å²) in [5.41, 5.74) is 0.117. The van der Waals surface area contributed by atoms with Crippen molar-refractivity contribution in [3.05, 3.63) is 70.7 Å². The largest absolute Gasteiger partial charge is 0.387 e. The van der Waals surface area contributed by atoms with E-state index in [0.29, 0.717) is 16.1 Å². The average Bonchev–Trinajstić information content (AvgIpc) is 2.80. The molecule has 5 nitrogen and oxygen atoms in total. The van der Waals surface area contributed by atoms with Crippen LogP contribution < -0.4 is 5.32 Å². The third kappa shape index (κ3) is 2.88. The van der Waals surface area contributed by atoms with E-state index >= 15 is 0 Å². The van der Waals surface area contributed by atoms with E-state index in [1.165, 1.54) is 0 Å². The molecule has 6 heteroatoms. The minimum atomic E-state index is -1.13. The molecule has 0 radical (unpaired) electrons. The van der Waals surface area contributed by atoms with E-state index in [2.05, 4.69) is 5.32 Å². The fourth-order valence-electron chi connectivity index (χ4n) is 2.82. The predicted octanol–water partition coefficient (Wildman–Crippen LogP) is 2.84. The van der Waals surface area contributed by atoms with E-state index in [0.717, 1.165) is 4.90 Å². The molecule has 1 heterocycles. The van der Waals surface area contributed by atoms with E-state index in [1.807, 2.05) is 18.2 Å². The Morgan fingerprint density at radius 3 is 2.54 bits per heavy atom. The first-order chi connectivity index (χ1) is 11.4. The van der Waals surface area contributed by atoms with Gasteiger partial charge in [0.25, 0.3) is 5.91 Å². The van der Waals surface area contributed by atoms with Crippen LogP contribution >= 0.6 is 11.6 Å². The smallest absolute Gasteiger partial charge is 0.325 e. The molecule has 0 bridgehead atoms. The number of β-amino-alcohol motifs (C(OH)–C–C–N with tert-alkyl or cyclic N) is 1. The summed E-state index contributed by atoms with van der Waals surface area (Å²) in [5.74, 6) is -0.389. The molecule has 24 heavy (non-hydrogen) atoms. The standard InChI is InChI=1S/C18H17ClN2O3/c1-18(13-7-3-2-4-8-13)16(23)21(17(24)20-18)11-15(22)12-6-5-9-14(19)10-12/h2-10,15,22H,11H2,1H3,(H,20,24). The van der Waals surface area contributed by atoms with Crippen molar-refractivity contribution in [2.75, 3.05) is 6.54 Å². The first kappa shape index (κ1) is 16.5. The van der Waals surface area contributed by atoms with E-state index in [-0.39, 0.29) is 12.5 Å². The molecule has 1 fully saturated rings. The van der Waals surface area contributed by atoms with Gasteiger partial charge in [-0.25, -0.2) is 4.79 Å². The molecule has 124 valence electrons. The molecule has 2 aromatic carbocycles. The zero-order valence-electron chi connectivity index (χ0n) is 13.1. The van der Waals surface area contributed by atoms with Crippen molar-refractivity contribution < 1.29 is 14.7 Å². The number of hydrogen-bond acceptors (Lipinski definition) is 3. The van der Waals surface area contributed by atoms with Crippen molar-refractivity contribution in [2.45, 2.75) is 18.6 Å². The normalized spacial score (nSPS) is 21.7. The number of rotatable bonds is 4. The number of nitrogens with zero attached hydrogens (tertiary/aromatic N) is 1. The zero-order valence-corrected chi connectivity index (χ0v) is 13.8. The Morgan fingerprint density at radius 1 is 1.17 bits per heavy atom. The lowest BCUT2D eigenvalue weighted by Crippen LogP contribution is -2.41. The molecular formula is C18H17ClN2O3. The van der Waals surface area contributed by atoms with Crippen LogP contribution in [0.4, 0.5) is 4.79 Å². The zero-order chi connectivity index (χ0) is 17.3. The number of halogens is 1. The molecule has 1 saturated heterocycles. The monoisotopic (exact) mass is 344 g/mol. The average molecular weight is 345 g/mol. The SMILES string of the molecule is CC1(c2ccccc2)NC(=O)N(CC(O)c2cccc(Cl)c2)C1=O. The van der Waals surface area contributed by atoms with Gasteiger partial charge in [-0.1, -0.05) is 54.1 Å². The van der Waals surface area contributed by atoms with Gasteiger partial charge < -0.3 is 10.4 Å². The summed E-state index contributed by atoms with van der Waals surface area (Å²) in [6, 6.07) is 15.2. The third-order valence-corrected chi connectivity index (χ3v) is 4.45. The van der Waals surface area contributed by atoms with Crippen LogP contribution in [0, 0.1) is 0 Å². The Hall–Kier alpha value is -2.37. The van der Waals surface area contributed by atoms with E-state index in [4.69, 9.17) is 11.6 Å². The summed E-state index contributed by atoms with van der Waals surface area (Å²) >= 11 is 5.92. The summed E-state index contributed by atoms with van der Waals surface area (Å²) < 4.78 is 0. The summed E-state index contributed by atoms with van der Waals surface area (Å²) in [4.78, 5) is 26.1. The van der Waals surface area contributed by atoms with Crippen molar-refractivity contribution in [1.29, 1.82) is 0 Å². The number of carbonyl (C=O) groups excluding carboxylic acids is 2. The maximum atomic E-state index is 12.8. The molecule has 0 spiro atoms. The maximum absolute atomic E-state index is 12.8. The minimum Gasteiger partial charge on any atom is -0.387 e. The van der Waals surface area contributed by atoms with Crippen LogP contribution in [0.25, 0.3) is 0 Å². The maximum Gasteiger partial charge on any atom is 0.325 e. The molecule has 1 aliphatic heterocycles. The molecule has 2 atom stereocenters. The van der Waals surface area contributed by atoms with Crippen LogP contribution in [0.5, 0.6) is 0 Å². The first-order valence-corrected chi connectivity index (χ1v) is 7.93. The summed E-state index contributed by atoms with van der Waals surface area (Å²) in [5, 5.41) is 13.5. The summed E-state index contributed by atoms with van der Waals surface area (Å²) in [7, 11) is 0. The van der Waals surface area contributed by atoms with Gasteiger partial charge in [0.05, 0.1) is 12.6 Å². The van der Waals surface area contributed by atoms with Gasteiger partial charge in [0.15, 0.2) is 0 Å². The molecule has 3 rings (SSSR count). The molecule has 0 aromatic heterocycles. The highest BCUT2D eigenvalue weighted by molar-refractivity contribution is 6.30. The fraction of sp³-hybridized carbons (Fsp3) is 0.222. The van der Waals surface area contributed by atoms with Gasteiger partial charge in [0, 0.05) is 5.02 Å². The van der Waals surface area contributed by atoms with Gasteiger partial charge in [-0.15, -0.1) is 0 Å². The van der Waals surface area contributed by atoms with E-state index < -0.39 is 17.7 Å². The lowest BCUT2D eigenvalue weighted by molar-refractivity contribution is -0.132. The number of carbonyl (C=O) groups is 2. The van der Waals surface area contributed by atoms with Crippen LogP contribution in [-0.2, 0) is 10.3 Å². The van der Waals surface area contributed by atoms with Crippen molar-refractivity contribution in [3.8, 4) is 0 Å². The molecular weight excluding hydrogens is 328 g/mol. The van der Waals surface area contributed by atoms with Crippen LogP contribution in [0.3, 0.4) is 0 Å². The lowest BCUT2D eigenvalue weighted by atomic mass is 9.92. The van der Waals surface area contributed by atoms with Crippen molar-refractivity contribution in [1.82, 2.24) is 10.2 Å². The molecule has 3 amide bonds. The Kier molecular flexibility index (Phi) is 4.30. The number of benzene rings is 2. The second-order valence-electron chi connectivity index (χ2n) is 5.91. The van der Waals surface area contributed by atoms with Crippen LogP contribution in [0.1, 0.15) is 24.2 Å². The topological polar surface area (TPSA) is 69.6 Å². The van der Waals surface area contributed by atoms with E-state index in [9.17, 15) is 14.7 Å². The summed E-state index contributed by atoms with van der Waals surface area (Å²) in [6.07, 6.45) is -1.00. The molecule has 2 unspecified atom stereocenters. The highest BCUT2D eigenvalue weighted by Crippen LogP contribution is 2.30. The van der Waals surface area contributed by atoms with E-state index in [1.54, 1.807) is 43.3 Å². The number of urea groups is 1. The molecule has 2 aromatic rings. The summed E-state index contributed by atoms with van der Waals surface area (Å²) in [6.45, 7) is 1.53. The third-order valence-electron chi connectivity index (χ3n) is 4.22. The fourth-order valence-corrected chi connectivity index (χ4v) is 3.02. The van der Waals surface area contributed by atoms with Gasteiger partial charge in [0.2, 0.25) is 0 Å². The van der Waals surface area contributed by atoms with Crippen LogP contribution in [0.15, 0.2) is 54.6 Å². The number of amides is 3. The number of hydrogen-bond donors (Lipinski definition) is 2. The Morgan fingerprint density at radius 2 is 1.88 bits per heavy atom. The molecule has 0 aliphatic carbocycles. The second kappa shape index (κ2) is 6.26. The number of aliphatic hydroxyl groups is 1. The Bertz CT molecular complexity index is 781. The predicted molar refractivity (Wildman–Crippen MR) is 90.5 cm³/mol. The second-order valence-corrected chi connectivity index (χ2v) is 6.34. The van der Waals surface area contributed by atoms with Crippen LogP contribution in [-0.4, -0.2) is 28.5 Å². The van der Waals surface area contributed by atoms with Crippen LogP contribution in [0.2, 0.25) is 5.02 Å². The number of aliphatic hydroxyl groups excluding tert-OH is 1. The van der Waals surface area contributed by atoms with Gasteiger partial charge in [-0.2, -0.15) is 0 Å². The first-order valence-electron chi connectivity index (χ1n) is 7.55. The molecule has 1 aliphatic rings. The quantitative estimate of drug-likeness (QED) is 0.838. The Balaban J connectivity index is 1.82. The van der Waals surface area contributed by atoms with Gasteiger partial charge in [-0.3, -0.25) is 9.69 Å². The number of nitrogens with one attached hydrogen (secondary N) is 1. The lowest BCUT2D eigenvalue weighted by Gasteiger charge is -2.23. The van der Waals surface area contributed by atoms with Crippen molar-refractivity contribution in [3.63, 3.8) is 0 Å². The van der Waals surface area contributed by atoms with Gasteiger partial charge >= 0.3 is 6.03 Å². The molecule has 0 saturated carbocycles. The highest BCUT2D eigenvalue weighted by atomic mass is 35.5. The van der Waals surface area contributed by atoms with Crippen molar-refractivity contribution in [2.24, 2.45) is 0 Å². The molecule has 2 N–H and O–H groups in total. The van der Waals surface area contributed by atoms with Gasteiger partial charge in [-0.05, 0) is 30.2 Å². The Labute approximate surface area is 144 Å². The van der Waals surface area contributed by atoms with Gasteiger partial charge in [0.1, 0.15) is 5.54 Å². The van der Waals surface area contributed by atoms with Crippen molar-refractivity contribution >= 4 is 23.5 Å².